The monoisotopic (exact) mass is 281 g/mol. The largest absolute Gasteiger partial charge is 0.493 e. The molecule has 4 heteroatoms. The van der Waals surface area contributed by atoms with Gasteiger partial charge in [-0.3, -0.25) is 4.79 Å². The maximum absolute atomic E-state index is 12.2. The van der Waals surface area contributed by atoms with Gasteiger partial charge < -0.3 is 10.1 Å². The molecule has 1 heterocycles. The Bertz CT molecular complexity index is 459. The number of fused-ring (bicyclic) bond motifs is 1. The molecule has 0 fully saturated rings. The van der Waals surface area contributed by atoms with Gasteiger partial charge in [0.25, 0.3) is 5.91 Å². The molecule has 3 nitrogen and oxygen atoms in total. The Morgan fingerprint density at radius 3 is 2.95 bits per heavy atom. The molecular weight excluding hydrogens is 262 g/mol. The van der Waals surface area contributed by atoms with Gasteiger partial charge in [0.1, 0.15) is 5.75 Å². The minimum Gasteiger partial charge on any atom is -0.493 e. The summed E-state index contributed by atoms with van der Waals surface area (Å²) in [7, 11) is 0. The van der Waals surface area contributed by atoms with Crippen molar-refractivity contribution in [3.05, 3.63) is 29.3 Å². The molecule has 0 bridgehead atoms. The molecular formula is C15H20ClNO2. The second-order valence-corrected chi connectivity index (χ2v) is 5.60. The van der Waals surface area contributed by atoms with Crippen molar-refractivity contribution in [3.63, 3.8) is 0 Å². The highest BCUT2D eigenvalue weighted by Gasteiger charge is 2.19. The standard InChI is InChI=1S/C15H20ClNO2/c1-10(2)13(5-7-16)17-15(18)12-3-4-14-11(9-12)6-8-19-14/h3-4,9-10,13H,5-8H2,1-2H3,(H,17,18). The third kappa shape index (κ3) is 3.41. The number of alkyl halides is 1. The van der Waals surface area contributed by atoms with Crippen molar-refractivity contribution < 1.29 is 9.53 Å². The van der Waals surface area contributed by atoms with Crippen LogP contribution in [-0.4, -0.2) is 24.4 Å². The van der Waals surface area contributed by atoms with Crippen molar-refractivity contribution in [1.82, 2.24) is 5.32 Å². The van der Waals surface area contributed by atoms with Crippen LogP contribution >= 0.6 is 11.6 Å². The lowest BCUT2D eigenvalue weighted by molar-refractivity contribution is 0.0925. The molecule has 1 atom stereocenters. The molecule has 0 saturated heterocycles. The predicted molar refractivity (Wildman–Crippen MR) is 77.1 cm³/mol. The smallest absolute Gasteiger partial charge is 0.251 e. The summed E-state index contributed by atoms with van der Waals surface area (Å²) in [6.45, 7) is 4.89. The Hall–Kier alpha value is -1.22. The van der Waals surface area contributed by atoms with Crippen LogP contribution in [0.5, 0.6) is 5.75 Å². The quantitative estimate of drug-likeness (QED) is 0.843. The number of ether oxygens (including phenoxy) is 1. The van der Waals surface area contributed by atoms with Gasteiger partial charge >= 0.3 is 0 Å². The molecule has 0 saturated carbocycles. The minimum atomic E-state index is -0.0292. The van der Waals surface area contributed by atoms with Crippen LogP contribution < -0.4 is 10.1 Å². The molecule has 0 radical (unpaired) electrons. The van der Waals surface area contributed by atoms with Crippen LogP contribution in [0.1, 0.15) is 36.2 Å². The second-order valence-electron chi connectivity index (χ2n) is 5.22. The predicted octanol–water partition coefficient (Wildman–Crippen LogP) is 3.00. The van der Waals surface area contributed by atoms with Gasteiger partial charge in [-0.25, -0.2) is 0 Å². The van der Waals surface area contributed by atoms with E-state index in [0.29, 0.717) is 24.0 Å². The van der Waals surface area contributed by atoms with Crippen LogP contribution in [0.25, 0.3) is 0 Å². The summed E-state index contributed by atoms with van der Waals surface area (Å²) in [4.78, 5) is 12.2. The first kappa shape index (κ1) is 14.2. The van der Waals surface area contributed by atoms with Crippen LogP contribution in [-0.2, 0) is 6.42 Å². The fourth-order valence-electron chi connectivity index (χ4n) is 2.27. The second kappa shape index (κ2) is 6.29. The van der Waals surface area contributed by atoms with Crippen molar-refractivity contribution in [2.24, 2.45) is 5.92 Å². The lowest BCUT2D eigenvalue weighted by Crippen LogP contribution is -2.38. The molecule has 0 aliphatic carbocycles. The van der Waals surface area contributed by atoms with E-state index in [-0.39, 0.29) is 11.9 Å². The first-order chi connectivity index (χ1) is 9.11. The maximum atomic E-state index is 12.2. The number of carbonyl (C=O) groups excluding carboxylic acids is 1. The first-order valence-corrected chi connectivity index (χ1v) is 7.28. The van der Waals surface area contributed by atoms with Gasteiger partial charge in [-0.1, -0.05) is 13.8 Å². The van der Waals surface area contributed by atoms with Gasteiger partial charge in [-0.15, -0.1) is 11.6 Å². The zero-order valence-corrected chi connectivity index (χ0v) is 12.2. The molecule has 1 unspecified atom stereocenters. The molecule has 1 aromatic carbocycles. The number of nitrogens with one attached hydrogen (secondary N) is 1. The van der Waals surface area contributed by atoms with E-state index in [1.807, 2.05) is 18.2 Å². The van der Waals surface area contributed by atoms with E-state index in [1.165, 1.54) is 0 Å². The van der Waals surface area contributed by atoms with E-state index >= 15 is 0 Å². The summed E-state index contributed by atoms with van der Waals surface area (Å²) >= 11 is 5.78. The van der Waals surface area contributed by atoms with Gasteiger partial charge in [0.2, 0.25) is 0 Å². The number of hydrogen-bond donors (Lipinski definition) is 1. The highest BCUT2D eigenvalue weighted by molar-refractivity contribution is 6.17. The fourth-order valence-corrected chi connectivity index (χ4v) is 2.50. The number of carbonyl (C=O) groups is 1. The summed E-state index contributed by atoms with van der Waals surface area (Å²) < 4.78 is 5.44. The van der Waals surface area contributed by atoms with Gasteiger partial charge in [-0.2, -0.15) is 0 Å². The molecule has 1 N–H and O–H groups in total. The number of halogens is 1. The number of rotatable bonds is 5. The zero-order valence-electron chi connectivity index (χ0n) is 11.4. The van der Waals surface area contributed by atoms with Crippen LogP contribution in [0.15, 0.2) is 18.2 Å². The Kier molecular flexibility index (Phi) is 4.70. The molecule has 0 spiro atoms. The summed E-state index contributed by atoms with van der Waals surface area (Å²) in [6, 6.07) is 5.74. The van der Waals surface area contributed by atoms with E-state index in [0.717, 1.165) is 24.2 Å². The van der Waals surface area contributed by atoms with Gasteiger partial charge in [0, 0.05) is 23.9 Å². The lowest BCUT2D eigenvalue weighted by atomic mass is 10.0. The van der Waals surface area contributed by atoms with Gasteiger partial charge in [0.15, 0.2) is 0 Å². The molecule has 1 aromatic rings. The van der Waals surface area contributed by atoms with Gasteiger partial charge in [0.05, 0.1) is 6.61 Å². The normalized spacial score (nSPS) is 14.9. The Labute approximate surface area is 119 Å². The highest BCUT2D eigenvalue weighted by Crippen LogP contribution is 2.25. The number of amides is 1. The van der Waals surface area contributed by atoms with Crippen molar-refractivity contribution in [1.29, 1.82) is 0 Å². The number of hydrogen-bond acceptors (Lipinski definition) is 2. The summed E-state index contributed by atoms with van der Waals surface area (Å²) in [5.74, 6) is 1.80. The van der Waals surface area contributed by atoms with Crippen LogP contribution in [0.3, 0.4) is 0 Å². The zero-order chi connectivity index (χ0) is 13.8. The third-order valence-electron chi connectivity index (χ3n) is 3.49. The molecule has 1 aliphatic rings. The molecule has 104 valence electrons. The fraction of sp³-hybridized carbons (Fsp3) is 0.533. The number of benzene rings is 1. The van der Waals surface area contributed by atoms with Crippen molar-refractivity contribution in [3.8, 4) is 5.75 Å². The third-order valence-corrected chi connectivity index (χ3v) is 3.71. The molecule has 1 amide bonds. The average molecular weight is 282 g/mol. The van der Waals surface area contributed by atoms with Crippen LogP contribution in [0.4, 0.5) is 0 Å². The Morgan fingerprint density at radius 2 is 2.26 bits per heavy atom. The first-order valence-electron chi connectivity index (χ1n) is 6.74. The van der Waals surface area contributed by atoms with Crippen molar-refractivity contribution in [2.75, 3.05) is 12.5 Å². The molecule has 2 rings (SSSR count). The van der Waals surface area contributed by atoms with E-state index in [1.54, 1.807) is 0 Å². The topological polar surface area (TPSA) is 38.3 Å². The maximum Gasteiger partial charge on any atom is 0.251 e. The molecule has 19 heavy (non-hydrogen) atoms. The van der Waals surface area contributed by atoms with Gasteiger partial charge in [-0.05, 0) is 36.1 Å². The van der Waals surface area contributed by atoms with Crippen molar-refractivity contribution in [2.45, 2.75) is 32.7 Å². The highest BCUT2D eigenvalue weighted by atomic mass is 35.5. The van der Waals surface area contributed by atoms with E-state index in [4.69, 9.17) is 16.3 Å². The van der Waals surface area contributed by atoms with Crippen LogP contribution in [0.2, 0.25) is 0 Å². The average Bonchev–Trinajstić information content (AvgIpc) is 2.85. The van der Waals surface area contributed by atoms with Crippen LogP contribution in [0, 0.1) is 5.92 Å². The summed E-state index contributed by atoms with van der Waals surface area (Å²) in [6.07, 6.45) is 1.67. The van der Waals surface area contributed by atoms with E-state index in [9.17, 15) is 4.79 Å². The minimum absolute atomic E-state index is 0.0292. The lowest BCUT2D eigenvalue weighted by Gasteiger charge is -2.21. The van der Waals surface area contributed by atoms with E-state index < -0.39 is 0 Å². The molecule has 1 aliphatic heterocycles. The Morgan fingerprint density at radius 1 is 1.47 bits per heavy atom. The molecule has 0 aromatic heterocycles. The van der Waals surface area contributed by atoms with Crippen molar-refractivity contribution >= 4 is 17.5 Å². The summed E-state index contributed by atoms with van der Waals surface area (Å²) in [5.41, 5.74) is 1.82. The Balaban J connectivity index is 2.07. The summed E-state index contributed by atoms with van der Waals surface area (Å²) in [5, 5.41) is 3.06. The SMILES string of the molecule is CC(C)C(CCCl)NC(=O)c1ccc2c(c1)CCO2. The van der Waals surface area contributed by atoms with E-state index in [2.05, 4.69) is 19.2 Å².